The monoisotopic (exact) mass is 234 g/mol. The van der Waals surface area contributed by atoms with Crippen LogP contribution in [0.25, 0.3) is 0 Å². The van der Waals surface area contributed by atoms with Crippen molar-refractivity contribution < 1.29 is 9.47 Å². The summed E-state index contributed by atoms with van der Waals surface area (Å²) >= 11 is 0. The molecular weight excluding hydrogens is 216 g/mol. The average molecular weight is 234 g/mol. The molecule has 1 atom stereocenters. The molecule has 0 aromatic heterocycles. The molecule has 0 bridgehead atoms. The van der Waals surface area contributed by atoms with E-state index in [1.54, 1.807) is 7.11 Å². The number of hydrogen-bond acceptors (Lipinski definition) is 4. The average Bonchev–Trinajstić information content (AvgIpc) is 2.85. The summed E-state index contributed by atoms with van der Waals surface area (Å²) in [4.78, 5) is 4.38. The van der Waals surface area contributed by atoms with Crippen LogP contribution < -0.4 is 10.5 Å². The minimum absolute atomic E-state index is 0.0258. The van der Waals surface area contributed by atoms with Crippen LogP contribution in [-0.2, 0) is 4.74 Å². The Kier molecular flexibility index (Phi) is 3.98. The Bertz CT molecular complexity index is 404. The van der Waals surface area contributed by atoms with Crippen molar-refractivity contribution >= 4 is 5.90 Å². The summed E-state index contributed by atoms with van der Waals surface area (Å²) in [5.41, 5.74) is 6.57. The van der Waals surface area contributed by atoms with E-state index in [0.29, 0.717) is 13.1 Å². The molecule has 2 N–H and O–H groups in total. The number of ether oxygens (including phenoxy) is 2. The highest BCUT2D eigenvalue weighted by atomic mass is 16.5. The molecular formula is C13H18N2O2. The van der Waals surface area contributed by atoms with Crippen LogP contribution in [0.1, 0.15) is 24.5 Å². The molecule has 2 rings (SSSR count). The van der Waals surface area contributed by atoms with Gasteiger partial charge in [0.1, 0.15) is 11.9 Å². The molecule has 0 spiro atoms. The lowest BCUT2D eigenvalue weighted by Crippen LogP contribution is -2.07. The topological polar surface area (TPSA) is 56.8 Å². The minimum atomic E-state index is 0.0258. The number of hydrogen-bond donors (Lipinski definition) is 1. The van der Waals surface area contributed by atoms with Crippen LogP contribution in [-0.4, -0.2) is 26.1 Å². The van der Waals surface area contributed by atoms with E-state index in [4.69, 9.17) is 15.2 Å². The first-order valence-electron chi connectivity index (χ1n) is 5.87. The van der Waals surface area contributed by atoms with Crippen LogP contribution in [0.5, 0.6) is 5.75 Å². The van der Waals surface area contributed by atoms with Crippen molar-refractivity contribution in [3.63, 3.8) is 0 Å². The van der Waals surface area contributed by atoms with E-state index < -0.39 is 0 Å². The van der Waals surface area contributed by atoms with Gasteiger partial charge < -0.3 is 15.2 Å². The molecule has 92 valence electrons. The lowest BCUT2D eigenvalue weighted by Gasteiger charge is -2.12. The molecule has 17 heavy (non-hydrogen) atoms. The van der Waals surface area contributed by atoms with E-state index in [0.717, 1.165) is 30.1 Å². The molecule has 1 aliphatic heterocycles. The van der Waals surface area contributed by atoms with Gasteiger partial charge in [-0.05, 0) is 30.7 Å². The molecule has 1 aromatic rings. The van der Waals surface area contributed by atoms with Crippen molar-refractivity contribution in [3.05, 3.63) is 29.8 Å². The molecule has 4 heteroatoms. The smallest absolute Gasteiger partial charge is 0.184 e. The Morgan fingerprint density at radius 1 is 1.53 bits per heavy atom. The van der Waals surface area contributed by atoms with E-state index in [2.05, 4.69) is 4.99 Å². The maximum Gasteiger partial charge on any atom is 0.184 e. The third-order valence-corrected chi connectivity index (χ3v) is 2.77. The molecule has 1 aliphatic rings. The summed E-state index contributed by atoms with van der Waals surface area (Å²) in [7, 11) is 1.66. The predicted octanol–water partition coefficient (Wildman–Crippen LogP) is 1.90. The Hall–Kier alpha value is -1.55. The highest BCUT2D eigenvalue weighted by Crippen LogP contribution is 2.26. The zero-order valence-corrected chi connectivity index (χ0v) is 10.1. The van der Waals surface area contributed by atoms with Gasteiger partial charge in [-0.2, -0.15) is 0 Å². The zero-order chi connectivity index (χ0) is 12.1. The van der Waals surface area contributed by atoms with Crippen LogP contribution in [0.15, 0.2) is 29.3 Å². The third kappa shape index (κ3) is 2.97. The Balaban J connectivity index is 1.97. The minimum Gasteiger partial charge on any atom is -0.497 e. The summed E-state index contributed by atoms with van der Waals surface area (Å²) in [5, 5.41) is 0. The van der Waals surface area contributed by atoms with Gasteiger partial charge in [-0.3, -0.25) is 4.99 Å². The van der Waals surface area contributed by atoms with Crippen molar-refractivity contribution in [3.8, 4) is 5.75 Å². The SMILES string of the molecule is COc1cccc(C2CN=C(CCCN)O2)c1. The Labute approximate surface area is 101 Å². The van der Waals surface area contributed by atoms with Crippen molar-refractivity contribution in [2.75, 3.05) is 20.2 Å². The number of benzene rings is 1. The van der Waals surface area contributed by atoms with Crippen LogP contribution in [0, 0.1) is 0 Å². The maximum absolute atomic E-state index is 5.79. The number of aliphatic imine (C=N–C) groups is 1. The van der Waals surface area contributed by atoms with E-state index in [1.165, 1.54) is 0 Å². The van der Waals surface area contributed by atoms with Crippen LogP contribution in [0.4, 0.5) is 0 Å². The highest BCUT2D eigenvalue weighted by Gasteiger charge is 2.21. The molecule has 4 nitrogen and oxygen atoms in total. The Morgan fingerprint density at radius 2 is 2.41 bits per heavy atom. The lowest BCUT2D eigenvalue weighted by molar-refractivity contribution is 0.223. The summed E-state index contributed by atoms with van der Waals surface area (Å²) in [5.74, 6) is 1.67. The molecule has 1 aromatic carbocycles. The fraction of sp³-hybridized carbons (Fsp3) is 0.462. The van der Waals surface area contributed by atoms with Gasteiger partial charge in [-0.1, -0.05) is 12.1 Å². The van der Waals surface area contributed by atoms with Gasteiger partial charge >= 0.3 is 0 Å². The molecule has 0 saturated heterocycles. The van der Waals surface area contributed by atoms with Crippen LogP contribution in [0.3, 0.4) is 0 Å². The number of rotatable bonds is 5. The summed E-state index contributed by atoms with van der Waals surface area (Å²) in [6, 6.07) is 7.92. The maximum atomic E-state index is 5.79. The van der Waals surface area contributed by atoms with Gasteiger partial charge in [0.2, 0.25) is 0 Å². The van der Waals surface area contributed by atoms with Gasteiger partial charge in [0.25, 0.3) is 0 Å². The molecule has 1 unspecified atom stereocenters. The molecule has 0 aliphatic carbocycles. The lowest BCUT2D eigenvalue weighted by atomic mass is 10.1. The molecule has 0 saturated carbocycles. The number of nitrogens with two attached hydrogens (primary N) is 1. The van der Waals surface area contributed by atoms with Gasteiger partial charge in [-0.25, -0.2) is 0 Å². The third-order valence-electron chi connectivity index (χ3n) is 2.77. The van der Waals surface area contributed by atoms with Crippen molar-refractivity contribution in [1.82, 2.24) is 0 Å². The van der Waals surface area contributed by atoms with Crippen molar-refractivity contribution in [1.29, 1.82) is 0 Å². The Morgan fingerprint density at radius 3 is 3.18 bits per heavy atom. The first-order chi connectivity index (χ1) is 8.33. The molecule has 1 heterocycles. The van der Waals surface area contributed by atoms with Crippen molar-refractivity contribution in [2.45, 2.75) is 18.9 Å². The normalized spacial score (nSPS) is 18.7. The molecule has 0 radical (unpaired) electrons. The largest absolute Gasteiger partial charge is 0.497 e. The molecule has 0 amide bonds. The second-order valence-electron chi connectivity index (χ2n) is 4.01. The summed E-state index contributed by atoms with van der Waals surface area (Å²) < 4.78 is 11.0. The standard InChI is InChI=1S/C13H18N2O2/c1-16-11-5-2-4-10(8-11)12-9-15-13(17-12)6-3-7-14/h2,4-5,8,12H,3,6-7,9,14H2,1H3. The van der Waals surface area contributed by atoms with E-state index in [1.807, 2.05) is 24.3 Å². The summed E-state index contributed by atoms with van der Waals surface area (Å²) in [6.45, 7) is 1.36. The first-order valence-corrected chi connectivity index (χ1v) is 5.87. The number of nitrogens with zero attached hydrogens (tertiary/aromatic N) is 1. The number of methoxy groups -OCH3 is 1. The second-order valence-corrected chi connectivity index (χ2v) is 4.01. The first kappa shape index (κ1) is 11.9. The van der Waals surface area contributed by atoms with Gasteiger partial charge in [0.05, 0.1) is 13.7 Å². The summed E-state index contributed by atoms with van der Waals surface area (Å²) in [6.07, 6.45) is 1.78. The van der Waals surface area contributed by atoms with Crippen LogP contribution in [0.2, 0.25) is 0 Å². The van der Waals surface area contributed by atoms with E-state index in [9.17, 15) is 0 Å². The quantitative estimate of drug-likeness (QED) is 0.846. The van der Waals surface area contributed by atoms with E-state index >= 15 is 0 Å². The van der Waals surface area contributed by atoms with Gasteiger partial charge in [0, 0.05) is 6.42 Å². The van der Waals surface area contributed by atoms with E-state index in [-0.39, 0.29) is 6.10 Å². The zero-order valence-electron chi connectivity index (χ0n) is 10.1. The predicted molar refractivity (Wildman–Crippen MR) is 67.4 cm³/mol. The van der Waals surface area contributed by atoms with Crippen LogP contribution >= 0.6 is 0 Å². The van der Waals surface area contributed by atoms with Gasteiger partial charge in [0.15, 0.2) is 5.90 Å². The highest BCUT2D eigenvalue weighted by molar-refractivity contribution is 5.77. The second kappa shape index (κ2) is 5.68. The van der Waals surface area contributed by atoms with Gasteiger partial charge in [-0.15, -0.1) is 0 Å². The fourth-order valence-electron chi connectivity index (χ4n) is 1.83. The van der Waals surface area contributed by atoms with Crippen molar-refractivity contribution in [2.24, 2.45) is 10.7 Å². The fourth-order valence-corrected chi connectivity index (χ4v) is 1.83. The molecule has 0 fully saturated rings.